The van der Waals surface area contributed by atoms with Crippen molar-refractivity contribution in [3.8, 4) is 0 Å². The van der Waals surface area contributed by atoms with Gasteiger partial charge in [0.1, 0.15) is 12.2 Å². The fourth-order valence-electron chi connectivity index (χ4n) is 2.66. The zero-order valence-corrected chi connectivity index (χ0v) is 17.4. The van der Waals surface area contributed by atoms with Gasteiger partial charge in [-0.05, 0) is 62.8 Å². The monoisotopic (exact) mass is 506 g/mol. The van der Waals surface area contributed by atoms with Gasteiger partial charge >= 0.3 is 0 Å². The first-order valence-electron chi connectivity index (χ1n) is 9.59. The molecule has 2 atom stereocenters. The zero-order valence-electron chi connectivity index (χ0n) is 15.8. The van der Waals surface area contributed by atoms with E-state index in [0.29, 0.717) is 12.2 Å². The highest BCUT2D eigenvalue weighted by molar-refractivity contribution is 9.09. The molecule has 2 aromatic rings. The summed E-state index contributed by atoms with van der Waals surface area (Å²) in [7, 11) is 0. The molecule has 2 unspecified atom stereocenters. The molecule has 4 heterocycles. The molecule has 2 aliphatic heterocycles. The van der Waals surface area contributed by atoms with Crippen LogP contribution in [0.25, 0.3) is 0 Å². The van der Waals surface area contributed by atoms with E-state index in [2.05, 4.69) is 20.9 Å². The van der Waals surface area contributed by atoms with Gasteiger partial charge in [0.05, 0.1) is 0 Å². The first-order chi connectivity index (χ1) is 13.4. The highest BCUT2D eigenvalue weighted by atomic mass is 79.9. The average molecular weight is 508 g/mol. The summed E-state index contributed by atoms with van der Waals surface area (Å²) in [6, 6.07) is 7.87. The molecule has 0 spiro atoms. The van der Waals surface area contributed by atoms with Gasteiger partial charge in [0.25, 0.3) is 0 Å². The molecule has 2 fully saturated rings. The van der Waals surface area contributed by atoms with Crippen molar-refractivity contribution in [2.45, 2.75) is 87.5 Å². The molecule has 0 radical (unpaired) electrons. The van der Waals surface area contributed by atoms with Crippen LogP contribution in [0, 0.1) is 0 Å². The Morgan fingerprint density at radius 3 is 1.68 bits per heavy atom. The van der Waals surface area contributed by atoms with Gasteiger partial charge in [0.15, 0.2) is 12.6 Å². The molecule has 0 saturated carbocycles. The summed E-state index contributed by atoms with van der Waals surface area (Å²) < 4.78 is 23.5. The lowest BCUT2D eigenvalue weighted by molar-refractivity contribution is -0.180. The van der Waals surface area contributed by atoms with Crippen molar-refractivity contribution in [2.75, 3.05) is 18.7 Å². The Labute approximate surface area is 199 Å². The van der Waals surface area contributed by atoms with Crippen LogP contribution in [0.15, 0.2) is 49.1 Å². The van der Waals surface area contributed by atoms with E-state index in [0.717, 1.165) is 26.1 Å². The molecule has 2 aliphatic rings. The summed E-state index contributed by atoms with van der Waals surface area (Å²) in [6.45, 7) is 2.30. The minimum Gasteiger partial charge on any atom is -0.368 e. The van der Waals surface area contributed by atoms with Gasteiger partial charge < -0.3 is 28.5 Å². The SMILES string of the molecule is BrCOC1CCCCO1.C.C.C.C.c1cc[nH]c1.c1ccn(COC2CCCCO2)c1. The van der Waals surface area contributed by atoms with Gasteiger partial charge in [-0.25, -0.2) is 0 Å². The number of H-pyrrole nitrogens is 1. The lowest BCUT2D eigenvalue weighted by Crippen LogP contribution is -2.23. The Bertz CT molecular complexity index is 506. The largest absolute Gasteiger partial charge is 0.368 e. The molecular formula is C24H47BrN2O4. The van der Waals surface area contributed by atoms with E-state index in [1.165, 1.54) is 25.7 Å². The fourth-order valence-corrected chi connectivity index (χ4v) is 2.95. The Hall–Kier alpha value is -1.12. The van der Waals surface area contributed by atoms with Gasteiger partial charge in [-0.2, -0.15) is 0 Å². The Morgan fingerprint density at radius 2 is 1.29 bits per heavy atom. The van der Waals surface area contributed by atoms with E-state index >= 15 is 0 Å². The highest BCUT2D eigenvalue weighted by Gasteiger charge is 2.13. The smallest absolute Gasteiger partial charge is 0.159 e. The van der Waals surface area contributed by atoms with E-state index in [1.807, 2.05) is 53.6 Å². The summed E-state index contributed by atoms with van der Waals surface area (Å²) in [5.74, 6) is 0. The molecule has 2 aromatic heterocycles. The third kappa shape index (κ3) is 17.2. The second kappa shape index (κ2) is 23.5. The van der Waals surface area contributed by atoms with E-state index in [-0.39, 0.29) is 42.3 Å². The summed E-state index contributed by atoms with van der Waals surface area (Å²) in [5, 5.41) is 0. The molecule has 0 amide bonds. The van der Waals surface area contributed by atoms with Crippen LogP contribution < -0.4 is 0 Å². The predicted molar refractivity (Wildman–Crippen MR) is 135 cm³/mol. The second-order valence-corrected chi connectivity index (χ2v) is 6.70. The van der Waals surface area contributed by atoms with Crippen LogP contribution >= 0.6 is 15.9 Å². The summed E-state index contributed by atoms with van der Waals surface area (Å²) in [6.07, 6.45) is 14.7. The Balaban J connectivity index is -0.000000386. The lowest BCUT2D eigenvalue weighted by Gasteiger charge is -2.22. The molecule has 2 saturated heterocycles. The van der Waals surface area contributed by atoms with Gasteiger partial charge in [0, 0.05) is 38.0 Å². The van der Waals surface area contributed by atoms with Crippen molar-refractivity contribution in [2.24, 2.45) is 0 Å². The van der Waals surface area contributed by atoms with E-state index in [4.69, 9.17) is 18.9 Å². The zero-order chi connectivity index (χ0) is 19.0. The quantitative estimate of drug-likeness (QED) is 0.428. The normalized spacial score (nSPS) is 19.3. The fraction of sp³-hybridized carbons (Fsp3) is 0.667. The minimum absolute atomic E-state index is 0. The molecule has 4 rings (SSSR count). The number of hydrogen-bond acceptors (Lipinski definition) is 4. The molecule has 1 N–H and O–H groups in total. The number of hydrogen-bond donors (Lipinski definition) is 1. The minimum atomic E-state index is 0. The van der Waals surface area contributed by atoms with Crippen molar-refractivity contribution in [1.29, 1.82) is 0 Å². The first kappa shape index (κ1) is 34.5. The van der Waals surface area contributed by atoms with Crippen LogP contribution in [-0.2, 0) is 25.7 Å². The van der Waals surface area contributed by atoms with Crippen molar-refractivity contribution >= 4 is 15.9 Å². The number of nitrogens with zero attached hydrogens (tertiary/aromatic N) is 1. The maximum absolute atomic E-state index is 5.57. The number of aromatic amines is 1. The molecule has 0 aliphatic carbocycles. The van der Waals surface area contributed by atoms with Crippen LogP contribution in [0.4, 0.5) is 0 Å². The standard InChI is InChI=1S/C10H15NO2.C6H11BrO2.C4H5N.4CH4/c1-4-8-12-10(5-1)13-9-11-6-2-3-7-11;7-5-9-6-3-1-2-4-8-6;1-2-4-5-3-1;;;;/h2-3,6-7,10H,1,4-5,8-9H2;6H,1-5H2;1-5H;4*1H4. The molecule has 0 aromatic carbocycles. The lowest BCUT2D eigenvalue weighted by atomic mass is 10.2. The summed E-state index contributed by atoms with van der Waals surface area (Å²) in [4.78, 5) is 2.86. The molecule has 31 heavy (non-hydrogen) atoms. The van der Waals surface area contributed by atoms with Crippen LogP contribution in [0.5, 0.6) is 0 Å². The number of halogens is 1. The predicted octanol–water partition coefficient (Wildman–Crippen LogP) is 7.43. The molecule has 184 valence electrons. The number of ether oxygens (including phenoxy) is 4. The molecule has 7 heteroatoms. The van der Waals surface area contributed by atoms with E-state index in [1.54, 1.807) is 0 Å². The van der Waals surface area contributed by atoms with E-state index < -0.39 is 0 Å². The van der Waals surface area contributed by atoms with E-state index in [9.17, 15) is 0 Å². The third-order valence-corrected chi connectivity index (χ3v) is 4.36. The highest BCUT2D eigenvalue weighted by Crippen LogP contribution is 2.14. The average Bonchev–Trinajstić information content (AvgIpc) is 3.46. The van der Waals surface area contributed by atoms with Gasteiger partial charge in [-0.1, -0.05) is 45.6 Å². The summed E-state index contributed by atoms with van der Waals surface area (Å²) in [5.41, 5.74) is 0.581. The topological polar surface area (TPSA) is 57.6 Å². The van der Waals surface area contributed by atoms with Crippen molar-refractivity contribution in [1.82, 2.24) is 9.55 Å². The number of rotatable bonds is 5. The van der Waals surface area contributed by atoms with Crippen LogP contribution in [0.1, 0.15) is 68.2 Å². The van der Waals surface area contributed by atoms with Crippen LogP contribution in [0.2, 0.25) is 0 Å². The number of alkyl halides is 1. The Morgan fingerprint density at radius 1 is 0.774 bits per heavy atom. The molecule has 0 bridgehead atoms. The van der Waals surface area contributed by atoms with Crippen LogP contribution in [0.3, 0.4) is 0 Å². The van der Waals surface area contributed by atoms with Crippen LogP contribution in [-0.4, -0.2) is 40.9 Å². The Kier molecular flexibility index (Phi) is 26.2. The van der Waals surface area contributed by atoms with Crippen molar-refractivity contribution in [3.63, 3.8) is 0 Å². The maximum Gasteiger partial charge on any atom is 0.159 e. The number of aromatic nitrogens is 2. The second-order valence-electron chi connectivity index (χ2n) is 6.25. The first-order valence-corrected chi connectivity index (χ1v) is 10.7. The van der Waals surface area contributed by atoms with Gasteiger partial charge in [0.2, 0.25) is 0 Å². The van der Waals surface area contributed by atoms with Gasteiger partial charge in [-0.15, -0.1) is 0 Å². The third-order valence-electron chi connectivity index (χ3n) is 4.10. The van der Waals surface area contributed by atoms with Gasteiger partial charge in [-0.3, -0.25) is 0 Å². The molecule has 6 nitrogen and oxygen atoms in total. The molecular weight excluding hydrogens is 460 g/mol. The van der Waals surface area contributed by atoms with Crippen molar-refractivity contribution < 1.29 is 18.9 Å². The van der Waals surface area contributed by atoms with Crippen molar-refractivity contribution in [3.05, 3.63) is 49.1 Å². The maximum atomic E-state index is 5.57. The number of nitrogens with one attached hydrogen (secondary N) is 1. The summed E-state index contributed by atoms with van der Waals surface area (Å²) >= 11 is 3.18.